The Kier molecular flexibility index (Phi) is 3.45. The van der Waals surface area contributed by atoms with Crippen LogP contribution in [-0.2, 0) is 14.6 Å². The highest BCUT2D eigenvalue weighted by Gasteiger charge is 2.38. The Morgan fingerprint density at radius 3 is 2.24 bits per heavy atom. The molecule has 0 aliphatic carbocycles. The van der Waals surface area contributed by atoms with Gasteiger partial charge in [-0.25, -0.2) is 8.42 Å². The van der Waals surface area contributed by atoms with Crippen LogP contribution in [0.1, 0.15) is 20.3 Å². The molecule has 0 radical (unpaired) electrons. The third kappa shape index (κ3) is 2.63. The molecule has 1 atom stereocenters. The second kappa shape index (κ2) is 4.57. The molecule has 98 valence electrons. The summed E-state index contributed by atoms with van der Waals surface area (Å²) < 4.78 is 22.7. The van der Waals surface area contributed by atoms with Gasteiger partial charge in [0.1, 0.15) is 0 Å². The third-order valence-corrected chi connectivity index (χ3v) is 5.26. The molecule has 2 saturated heterocycles. The van der Waals surface area contributed by atoms with Gasteiger partial charge in [-0.3, -0.25) is 9.69 Å². The molecule has 2 rings (SSSR count). The van der Waals surface area contributed by atoms with Crippen LogP contribution in [-0.4, -0.2) is 67.3 Å². The molecule has 5 nitrogen and oxygen atoms in total. The number of carbonyl (C=O) groups is 1. The van der Waals surface area contributed by atoms with Gasteiger partial charge in [0.2, 0.25) is 5.91 Å². The summed E-state index contributed by atoms with van der Waals surface area (Å²) in [6, 6.07) is 0.147. The zero-order chi connectivity index (χ0) is 12.6. The van der Waals surface area contributed by atoms with Crippen molar-refractivity contribution in [1.82, 2.24) is 9.80 Å². The molecule has 0 aromatic carbocycles. The first kappa shape index (κ1) is 12.8. The Bertz CT molecular complexity index is 391. The lowest BCUT2D eigenvalue weighted by atomic mass is 10.2. The topological polar surface area (TPSA) is 57.7 Å². The highest BCUT2D eigenvalue weighted by Crippen LogP contribution is 2.21. The molecule has 0 N–H and O–H groups in total. The predicted octanol–water partition coefficient (Wildman–Crippen LogP) is -0.274. The molecule has 17 heavy (non-hydrogen) atoms. The maximum absolute atomic E-state index is 12.1. The van der Waals surface area contributed by atoms with Gasteiger partial charge in [0.25, 0.3) is 0 Å². The van der Waals surface area contributed by atoms with E-state index in [4.69, 9.17) is 0 Å². The molecule has 2 aliphatic heterocycles. The first-order valence-electron chi connectivity index (χ1n) is 6.16. The number of amides is 1. The Balaban J connectivity index is 1.99. The molecule has 0 aromatic rings. The molecule has 0 bridgehead atoms. The summed E-state index contributed by atoms with van der Waals surface area (Å²) in [6.45, 7) is 5.83. The van der Waals surface area contributed by atoms with Crippen molar-refractivity contribution in [3.8, 4) is 0 Å². The van der Waals surface area contributed by atoms with Crippen LogP contribution in [0.3, 0.4) is 0 Å². The number of sulfone groups is 1. The maximum Gasteiger partial charge on any atom is 0.240 e. The summed E-state index contributed by atoms with van der Waals surface area (Å²) in [5, 5.41) is 0. The smallest absolute Gasteiger partial charge is 0.240 e. The van der Waals surface area contributed by atoms with Gasteiger partial charge in [-0.1, -0.05) is 0 Å². The fraction of sp³-hybridized carbons (Fsp3) is 0.909. The Morgan fingerprint density at radius 2 is 1.76 bits per heavy atom. The second-order valence-electron chi connectivity index (χ2n) is 5.12. The summed E-state index contributed by atoms with van der Waals surface area (Å²) in [7, 11) is -2.86. The molecular weight excluding hydrogens is 240 g/mol. The Hall–Kier alpha value is -0.620. The summed E-state index contributed by atoms with van der Waals surface area (Å²) in [5.41, 5.74) is 0. The van der Waals surface area contributed by atoms with E-state index in [0.29, 0.717) is 13.1 Å². The van der Waals surface area contributed by atoms with Crippen molar-refractivity contribution in [3.05, 3.63) is 0 Å². The van der Waals surface area contributed by atoms with Gasteiger partial charge in [0.15, 0.2) is 9.84 Å². The van der Waals surface area contributed by atoms with E-state index in [1.54, 1.807) is 0 Å². The van der Waals surface area contributed by atoms with Crippen molar-refractivity contribution in [2.24, 2.45) is 0 Å². The van der Waals surface area contributed by atoms with Crippen LogP contribution in [0.2, 0.25) is 0 Å². The van der Waals surface area contributed by atoms with Gasteiger partial charge in [-0.15, -0.1) is 0 Å². The van der Waals surface area contributed by atoms with Crippen LogP contribution in [0.25, 0.3) is 0 Å². The molecule has 2 fully saturated rings. The van der Waals surface area contributed by atoms with E-state index in [1.807, 2.05) is 23.6 Å². The molecule has 1 unspecified atom stereocenters. The standard InChI is InChI=1S/C11H20N2O3S/c1-9(2)13-4-3-10(11(13)14)12-5-7-17(15,16)8-6-12/h9-10H,3-8H2,1-2H3. The molecule has 2 aliphatic rings. The van der Waals surface area contributed by atoms with Gasteiger partial charge in [-0.05, 0) is 20.3 Å². The monoisotopic (exact) mass is 260 g/mol. The van der Waals surface area contributed by atoms with Crippen molar-refractivity contribution < 1.29 is 13.2 Å². The van der Waals surface area contributed by atoms with Crippen molar-refractivity contribution >= 4 is 15.7 Å². The van der Waals surface area contributed by atoms with E-state index in [9.17, 15) is 13.2 Å². The summed E-state index contributed by atoms with van der Waals surface area (Å²) in [6.07, 6.45) is 0.830. The predicted molar refractivity (Wildman–Crippen MR) is 65.5 cm³/mol. The minimum atomic E-state index is -2.86. The highest BCUT2D eigenvalue weighted by atomic mass is 32.2. The minimum Gasteiger partial charge on any atom is -0.339 e. The summed E-state index contributed by atoms with van der Waals surface area (Å²) in [4.78, 5) is 16.1. The normalized spacial score (nSPS) is 30.2. The maximum atomic E-state index is 12.1. The van der Waals surface area contributed by atoms with Crippen LogP contribution in [0.5, 0.6) is 0 Å². The van der Waals surface area contributed by atoms with Crippen molar-refractivity contribution in [3.63, 3.8) is 0 Å². The number of carbonyl (C=O) groups excluding carboxylic acids is 1. The van der Waals surface area contributed by atoms with Crippen molar-refractivity contribution in [1.29, 1.82) is 0 Å². The van der Waals surface area contributed by atoms with E-state index >= 15 is 0 Å². The fourth-order valence-corrected chi connectivity index (χ4v) is 3.81. The largest absolute Gasteiger partial charge is 0.339 e. The quantitative estimate of drug-likeness (QED) is 0.685. The van der Waals surface area contributed by atoms with Crippen molar-refractivity contribution in [2.75, 3.05) is 31.1 Å². The lowest BCUT2D eigenvalue weighted by Crippen LogP contribution is -2.49. The first-order chi connectivity index (χ1) is 7.91. The van der Waals surface area contributed by atoms with Crippen molar-refractivity contribution in [2.45, 2.75) is 32.4 Å². The zero-order valence-corrected chi connectivity index (χ0v) is 11.2. The average Bonchev–Trinajstić information content (AvgIpc) is 2.60. The number of likely N-dealkylation sites (tertiary alicyclic amines) is 1. The zero-order valence-electron chi connectivity index (χ0n) is 10.4. The Labute approximate surface area is 103 Å². The van der Waals surface area contributed by atoms with E-state index in [0.717, 1.165) is 13.0 Å². The van der Waals surface area contributed by atoms with Gasteiger partial charge >= 0.3 is 0 Å². The minimum absolute atomic E-state index is 0.0899. The van der Waals surface area contributed by atoms with Gasteiger partial charge < -0.3 is 4.90 Å². The highest BCUT2D eigenvalue weighted by molar-refractivity contribution is 7.91. The van der Waals surface area contributed by atoms with Crippen LogP contribution >= 0.6 is 0 Å². The number of hydrogen-bond acceptors (Lipinski definition) is 4. The lowest BCUT2D eigenvalue weighted by molar-refractivity contribution is -0.133. The Morgan fingerprint density at radius 1 is 1.18 bits per heavy atom. The number of hydrogen-bond donors (Lipinski definition) is 0. The van der Waals surface area contributed by atoms with E-state index in [1.165, 1.54) is 0 Å². The van der Waals surface area contributed by atoms with Gasteiger partial charge in [0, 0.05) is 25.7 Å². The average molecular weight is 260 g/mol. The lowest BCUT2D eigenvalue weighted by Gasteiger charge is -2.31. The second-order valence-corrected chi connectivity index (χ2v) is 7.42. The summed E-state index contributed by atoms with van der Waals surface area (Å²) in [5.74, 6) is 0.552. The van der Waals surface area contributed by atoms with Gasteiger partial charge in [-0.2, -0.15) is 0 Å². The number of nitrogens with zero attached hydrogens (tertiary/aromatic N) is 2. The molecular formula is C11H20N2O3S. The van der Waals surface area contributed by atoms with Crippen LogP contribution < -0.4 is 0 Å². The molecule has 0 saturated carbocycles. The molecule has 1 amide bonds. The molecule has 6 heteroatoms. The third-order valence-electron chi connectivity index (χ3n) is 3.65. The van der Waals surface area contributed by atoms with Crippen LogP contribution in [0, 0.1) is 0 Å². The van der Waals surface area contributed by atoms with E-state index in [-0.39, 0.29) is 29.5 Å². The fourth-order valence-electron chi connectivity index (χ4n) is 2.58. The molecule has 0 aromatic heterocycles. The van der Waals surface area contributed by atoms with Crippen LogP contribution in [0.4, 0.5) is 0 Å². The molecule has 0 spiro atoms. The number of rotatable bonds is 2. The van der Waals surface area contributed by atoms with Crippen LogP contribution in [0.15, 0.2) is 0 Å². The molecule has 2 heterocycles. The van der Waals surface area contributed by atoms with E-state index in [2.05, 4.69) is 0 Å². The van der Waals surface area contributed by atoms with Gasteiger partial charge in [0.05, 0.1) is 17.5 Å². The first-order valence-corrected chi connectivity index (χ1v) is 7.98. The SMILES string of the molecule is CC(C)N1CCC(N2CCS(=O)(=O)CC2)C1=O. The summed E-state index contributed by atoms with van der Waals surface area (Å²) >= 11 is 0. The van der Waals surface area contributed by atoms with E-state index < -0.39 is 9.84 Å².